The number of hydrogen-bond acceptors (Lipinski definition) is 4. The summed E-state index contributed by atoms with van der Waals surface area (Å²) in [5.41, 5.74) is 1.15. The molecule has 1 aromatic carbocycles. The molecule has 1 aliphatic heterocycles. The van der Waals surface area contributed by atoms with Gasteiger partial charge in [0.1, 0.15) is 5.75 Å². The number of nitrogens with zero attached hydrogens (tertiary/aromatic N) is 3. The fourth-order valence-corrected chi connectivity index (χ4v) is 3.43. The number of ether oxygens (including phenoxy) is 1. The number of methoxy groups -OCH3 is 1. The predicted molar refractivity (Wildman–Crippen MR) is 113 cm³/mol. The molecule has 1 aromatic rings. The molecule has 1 saturated carbocycles. The van der Waals surface area contributed by atoms with Crippen molar-refractivity contribution in [3.63, 3.8) is 0 Å². The molecule has 0 unspecified atom stereocenters. The molecule has 1 aliphatic carbocycles. The van der Waals surface area contributed by atoms with Gasteiger partial charge in [-0.15, -0.1) is 0 Å². The zero-order valence-electron chi connectivity index (χ0n) is 17.1. The lowest BCUT2D eigenvalue weighted by atomic mass is 10.2. The molecular formula is C21H33N5O2. The van der Waals surface area contributed by atoms with Gasteiger partial charge in [-0.25, -0.2) is 0 Å². The molecule has 1 saturated heterocycles. The molecular weight excluding hydrogens is 354 g/mol. The fourth-order valence-electron chi connectivity index (χ4n) is 3.43. The van der Waals surface area contributed by atoms with E-state index in [2.05, 4.69) is 39.5 Å². The molecule has 0 aromatic heterocycles. The van der Waals surface area contributed by atoms with Gasteiger partial charge in [-0.05, 0) is 38.3 Å². The third kappa shape index (κ3) is 5.78. The molecule has 7 heteroatoms. The quantitative estimate of drug-likeness (QED) is 0.405. The summed E-state index contributed by atoms with van der Waals surface area (Å²) in [4.78, 5) is 21.2. The van der Waals surface area contributed by atoms with Crippen LogP contribution in [-0.2, 0) is 4.79 Å². The van der Waals surface area contributed by atoms with E-state index in [1.807, 2.05) is 12.1 Å². The van der Waals surface area contributed by atoms with Gasteiger partial charge in [0.25, 0.3) is 0 Å². The summed E-state index contributed by atoms with van der Waals surface area (Å²) in [6, 6.07) is 8.61. The molecule has 0 spiro atoms. The van der Waals surface area contributed by atoms with Crippen LogP contribution >= 0.6 is 0 Å². The Hall–Kier alpha value is -2.44. The van der Waals surface area contributed by atoms with Crippen LogP contribution in [0, 0.1) is 0 Å². The van der Waals surface area contributed by atoms with Crippen molar-refractivity contribution in [2.75, 3.05) is 51.3 Å². The molecule has 28 heavy (non-hydrogen) atoms. The predicted octanol–water partition coefficient (Wildman–Crippen LogP) is 1.84. The molecule has 2 aliphatic rings. The summed E-state index contributed by atoms with van der Waals surface area (Å²) in [5, 5.41) is 6.42. The van der Waals surface area contributed by atoms with Crippen LogP contribution in [0.15, 0.2) is 29.3 Å². The number of rotatable bonds is 8. The van der Waals surface area contributed by atoms with Crippen molar-refractivity contribution in [3.8, 4) is 5.75 Å². The van der Waals surface area contributed by atoms with Gasteiger partial charge in [0.15, 0.2) is 5.96 Å². The summed E-state index contributed by atoms with van der Waals surface area (Å²) in [6.07, 6.45) is 3.61. The number of guanidine groups is 1. The van der Waals surface area contributed by atoms with Crippen LogP contribution in [0.1, 0.15) is 32.6 Å². The van der Waals surface area contributed by atoms with Crippen molar-refractivity contribution in [1.29, 1.82) is 0 Å². The van der Waals surface area contributed by atoms with Gasteiger partial charge in [0.05, 0.1) is 12.8 Å². The number of amides is 1. The van der Waals surface area contributed by atoms with E-state index >= 15 is 0 Å². The number of carbonyl (C=O) groups excluding carboxylic acids is 1. The highest BCUT2D eigenvalue weighted by molar-refractivity contribution is 5.80. The smallest absolute Gasteiger partial charge is 0.220 e. The molecule has 0 atom stereocenters. The molecule has 0 bridgehead atoms. The van der Waals surface area contributed by atoms with Gasteiger partial charge in [0, 0.05) is 51.7 Å². The van der Waals surface area contributed by atoms with Crippen molar-refractivity contribution in [2.24, 2.45) is 4.99 Å². The lowest BCUT2D eigenvalue weighted by Crippen LogP contribution is -2.52. The van der Waals surface area contributed by atoms with Crippen LogP contribution in [-0.4, -0.2) is 69.2 Å². The second-order valence-corrected chi connectivity index (χ2v) is 7.33. The first kappa shape index (κ1) is 20.3. The average Bonchev–Trinajstić information content (AvgIpc) is 3.54. The first-order valence-electron chi connectivity index (χ1n) is 10.4. The maximum Gasteiger partial charge on any atom is 0.220 e. The van der Waals surface area contributed by atoms with Crippen LogP contribution in [0.2, 0.25) is 0 Å². The number of benzene rings is 1. The zero-order chi connectivity index (χ0) is 19.8. The second kappa shape index (κ2) is 10.2. The lowest BCUT2D eigenvalue weighted by molar-refractivity contribution is -0.121. The number of piperazine rings is 1. The highest BCUT2D eigenvalue weighted by Gasteiger charge is 2.23. The Kier molecular flexibility index (Phi) is 7.39. The Morgan fingerprint density at radius 1 is 1.21 bits per heavy atom. The minimum atomic E-state index is 0.160. The Labute approximate surface area is 168 Å². The molecule has 2 N–H and O–H groups in total. The normalized spacial score (nSPS) is 17.4. The van der Waals surface area contributed by atoms with Crippen molar-refractivity contribution < 1.29 is 9.53 Å². The maximum atomic E-state index is 11.8. The minimum Gasteiger partial charge on any atom is -0.495 e. The fraction of sp³-hybridized carbons (Fsp3) is 0.619. The first-order chi connectivity index (χ1) is 13.7. The maximum absolute atomic E-state index is 11.8. The van der Waals surface area contributed by atoms with Crippen LogP contribution < -0.4 is 20.3 Å². The average molecular weight is 388 g/mol. The van der Waals surface area contributed by atoms with Gasteiger partial charge < -0.3 is 25.2 Å². The Balaban J connectivity index is 1.48. The van der Waals surface area contributed by atoms with E-state index in [-0.39, 0.29) is 5.91 Å². The van der Waals surface area contributed by atoms with Crippen molar-refractivity contribution >= 4 is 17.6 Å². The molecule has 7 nitrogen and oxygen atoms in total. The highest BCUT2D eigenvalue weighted by atomic mass is 16.5. The number of carbonyl (C=O) groups is 1. The number of nitrogens with one attached hydrogen (secondary N) is 2. The number of hydrogen-bond donors (Lipinski definition) is 2. The number of para-hydroxylation sites is 2. The second-order valence-electron chi connectivity index (χ2n) is 7.33. The Morgan fingerprint density at radius 2 is 1.96 bits per heavy atom. The number of aliphatic imine (C=N–C) groups is 1. The van der Waals surface area contributed by atoms with Gasteiger partial charge in [-0.3, -0.25) is 9.79 Å². The van der Waals surface area contributed by atoms with E-state index < -0.39 is 0 Å². The first-order valence-corrected chi connectivity index (χ1v) is 10.4. The van der Waals surface area contributed by atoms with Crippen LogP contribution in [0.3, 0.4) is 0 Å². The summed E-state index contributed by atoms with van der Waals surface area (Å²) in [6.45, 7) is 7.27. The SMILES string of the molecule is CCNC(=NCCCC(=O)NC1CC1)N1CCN(c2ccccc2OC)CC1. The molecule has 1 amide bonds. The van der Waals surface area contributed by atoms with Crippen LogP contribution in [0.25, 0.3) is 0 Å². The summed E-state index contributed by atoms with van der Waals surface area (Å²) in [7, 11) is 1.72. The van der Waals surface area contributed by atoms with Crippen LogP contribution in [0.5, 0.6) is 5.75 Å². The van der Waals surface area contributed by atoms with E-state index in [1.54, 1.807) is 7.11 Å². The monoisotopic (exact) mass is 387 g/mol. The van der Waals surface area contributed by atoms with Gasteiger partial charge in [-0.1, -0.05) is 12.1 Å². The number of anilines is 1. The zero-order valence-corrected chi connectivity index (χ0v) is 17.1. The molecule has 154 valence electrons. The molecule has 0 radical (unpaired) electrons. The summed E-state index contributed by atoms with van der Waals surface area (Å²) < 4.78 is 5.50. The third-order valence-electron chi connectivity index (χ3n) is 5.11. The van der Waals surface area contributed by atoms with Gasteiger partial charge in [0.2, 0.25) is 5.91 Å². The summed E-state index contributed by atoms with van der Waals surface area (Å²) in [5.74, 6) is 2.03. The minimum absolute atomic E-state index is 0.160. The van der Waals surface area contributed by atoms with E-state index in [9.17, 15) is 4.79 Å². The third-order valence-corrected chi connectivity index (χ3v) is 5.11. The molecule has 3 rings (SSSR count). The van der Waals surface area contributed by atoms with E-state index in [0.717, 1.165) is 69.4 Å². The van der Waals surface area contributed by atoms with E-state index in [0.29, 0.717) is 19.0 Å². The molecule has 1 heterocycles. The molecule has 2 fully saturated rings. The van der Waals surface area contributed by atoms with Crippen molar-refractivity contribution in [3.05, 3.63) is 24.3 Å². The standard InChI is InChI=1S/C21H33N5O2/c1-3-22-21(23-12-6-9-20(27)24-17-10-11-17)26-15-13-25(14-16-26)18-7-4-5-8-19(18)28-2/h4-5,7-8,17H,3,6,9-16H2,1-2H3,(H,22,23)(H,24,27). The topological polar surface area (TPSA) is 69.2 Å². The van der Waals surface area contributed by atoms with E-state index in [1.165, 1.54) is 0 Å². The highest BCUT2D eigenvalue weighted by Crippen LogP contribution is 2.28. The van der Waals surface area contributed by atoms with E-state index in [4.69, 9.17) is 9.73 Å². The Morgan fingerprint density at radius 3 is 2.64 bits per heavy atom. The van der Waals surface area contributed by atoms with Crippen LogP contribution in [0.4, 0.5) is 5.69 Å². The van der Waals surface area contributed by atoms with Crippen molar-refractivity contribution in [2.45, 2.75) is 38.6 Å². The lowest BCUT2D eigenvalue weighted by Gasteiger charge is -2.38. The van der Waals surface area contributed by atoms with Crippen molar-refractivity contribution in [1.82, 2.24) is 15.5 Å². The van der Waals surface area contributed by atoms with Gasteiger partial charge in [-0.2, -0.15) is 0 Å². The Bertz CT molecular complexity index is 667. The summed E-state index contributed by atoms with van der Waals surface area (Å²) >= 11 is 0. The largest absolute Gasteiger partial charge is 0.495 e. The van der Waals surface area contributed by atoms with Gasteiger partial charge >= 0.3 is 0 Å².